The molecule has 2 aromatic rings. The second-order valence-corrected chi connectivity index (χ2v) is 5.17. The van der Waals surface area contributed by atoms with Gasteiger partial charge < -0.3 is 9.84 Å². The Morgan fingerprint density at radius 3 is 2.85 bits per heavy atom. The normalized spacial score (nSPS) is 10.2. The SMILES string of the molecule is Cc1ncc(COc2cccc([N+](=O)[O-])c2C(=O)O)s1. The van der Waals surface area contributed by atoms with E-state index in [1.807, 2.05) is 6.92 Å². The van der Waals surface area contributed by atoms with Crippen molar-refractivity contribution >= 4 is 23.0 Å². The Bertz CT molecular complexity index is 668. The van der Waals surface area contributed by atoms with Crippen LogP contribution in [0.2, 0.25) is 0 Å². The first kappa shape index (κ1) is 13.9. The van der Waals surface area contributed by atoms with Gasteiger partial charge in [0.2, 0.25) is 0 Å². The number of carboxylic acid groups (broad SMARTS) is 1. The molecule has 0 aliphatic heterocycles. The first-order chi connectivity index (χ1) is 9.49. The van der Waals surface area contributed by atoms with Crippen molar-refractivity contribution in [3.8, 4) is 5.75 Å². The number of carboxylic acids is 1. The number of nitro groups is 1. The summed E-state index contributed by atoms with van der Waals surface area (Å²) in [6, 6.07) is 3.91. The third kappa shape index (κ3) is 2.91. The third-order valence-corrected chi connectivity index (χ3v) is 3.34. The predicted molar refractivity (Wildman–Crippen MR) is 71.2 cm³/mol. The molecule has 20 heavy (non-hydrogen) atoms. The highest BCUT2D eigenvalue weighted by molar-refractivity contribution is 7.11. The van der Waals surface area contributed by atoms with Gasteiger partial charge in [0.1, 0.15) is 12.4 Å². The second-order valence-electron chi connectivity index (χ2n) is 3.85. The van der Waals surface area contributed by atoms with E-state index in [4.69, 9.17) is 9.84 Å². The molecule has 0 unspecified atom stereocenters. The Morgan fingerprint density at radius 1 is 1.55 bits per heavy atom. The molecule has 1 N–H and O–H groups in total. The second kappa shape index (κ2) is 5.66. The van der Waals surface area contributed by atoms with Crippen LogP contribution in [0.1, 0.15) is 20.2 Å². The Kier molecular flexibility index (Phi) is 3.94. The van der Waals surface area contributed by atoms with Crippen LogP contribution in [-0.2, 0) is 6.61 Å². The summed E-state index contributed by atoms with van der Waals surface area (Å²) in [5, 5.41) is 20.8. The van der Waals surface area contributed by atoms with Crippen molar-refractivity contribution in [3.05, 3.63) is 50.0 Å². The minimum Gasteiger partial charge on any atom is -0.487 e. The third-order valence-electron chi connectivity index (χ3n) is 2.45. The molecule has 2 rings (SSSR count). The van der Waals surface area contributed by atoms with E-state index in [1.165, 1.54) is 23.5 Å². The van der Waals surface area contributed by atoms with Crippen molar-refractivity contribution in [1.29, 1.82) is 0 Å². The molecular formula is C12H10N2O5S. The number of aromatic carboxylic acids is 1. The fraction of sp³-hybridized carbons (Fsp3) is 0.167. The lowest BCUT2D eigenvalue weighted by molar-refractivity contribution is -0.385. The molecule has 0 radical (unpaired) electrons. The van der Waals surface area contributed by atoms with Crippen LogP contribution >= 0.6 is 11.3 Å². The van der Waals surface area contributed by atoms with E-state index in [0.29, 0.717) is 0 Å². The molecule has 0 spiro atoms. The summed E-state index contributed by atoms with van der Waals surface area (Å²) < 4.78 is 5.37. The number of carbonyl (C=O) groups is 1. The van der Waals surface area contributed by atoms with Gasteiger partial charge in [-0.05, 0) is 13.0 Å². The van der Waals surface area contributed by atoms with E-state index in [1.54, 1.807) is 6.20 Å². The zero-order chi connectivity index (χ0) is 14.7. The highest BCUT2D eigenvalue weighted by atomic mass is 32.1. The average molecular weight is 294 g/mol. The van der Waals surface area contributed by atoms with Crippen LogP contribution in [0.4, 0.5) is 5.69 Å². The lowest BCUT2D eigenvalue weighted by atomic mass is 10.1. The highest BCUT2D eigenvalue weighted by Crippen LogP contribution is 2.29. The standard InChI is InChI=1S/C12H10N2O5S/c1-7-13-5-8(20-7)6-19-10-4-2-3-9(14(17)18)11(10)12(15)16/h2-5H,6H2,1H3,(H,15,16). The van der Waals surface area contributed by atoms with Gasteiger partial charge in [-0.1, -0.05) is 6.07 Å². The summed E-state index contributed by atoms with van der Waals surface area (Å²) in [4.78, 5) is 26.1. The van der Waals surface area contributed by atoms with Crippen LogP contribution in [0.5, 0.6) is 5.75 Å². The van der Waals surface area contributed by atoms with Gasteiger partial charge in [-0.15, -0.1) is 11.3 Å². The topological polar surface area (TPSA) is 103 Å². The summed E-state index contributed by atoms with van der Waals surface area (Å²) in [6.45, 7) is 1.96. The molecule has 0 bridgehead atoms. The number of ether oxygens (including phenoxy) is 1. The number of benzene rings is 1. The molecule has 0 aliphatic carbocycles. The lowest BCUT2D eigenvalue weighted by Gasteiger charge is -2.07. The average Bonchev–Trinajstić information content (AvgIpc) is 2.81. The van der Waals surface area contributed by atoms with E-state index in [-0.39, 0.29) is 12.4 Å². The minimum atomic E-state index is -1.40. The Balaban J connectivity index is 2.29. The number of hydrogen-bond acceptors (Lipinski definition) is 6. The summed E-state index contributed by atoms with van der Waals surface area (Å²) in [6.07, 6.45) is 1.62. The van der Waals surface area contributed by atoms with Crippen molar-refractivity contribution in [2.45, 2.75) is 13.5 Å². The molecule has 0 amide bonds. The van der Waals surface area contributed by atoms with E-state index in [0.717, 1.165) is 16.0 Å². The number of aromatic nitrogens is 1. The molecule has 1 aromatic heterocycles. The van der Waals surface area contributed by atoms with Gasteiger partial charge in [-0.25, -0.2) is 9.78 Å². The molecule has 1 aromatic carbocycles. The van der Waals surface area contributed by atoms with E-state index < -0.39 is 22.1 Å². The maximum Gasteiger partial charge on any atom is 0.346 e. The largest absolute Gasteiger partial charge is 0.487 e. The van der Waals surface area contributed by atoms with Gasteiger partial charge >= 0.3 is 5.97 Å². The van der Waals surface area contributed by atoms with Crippen LogP contribution < -0.4 is 4.74 Å². The molecule has 0 aliphatic rings. The number of rotatable bonds is 5. The van der Waals surface area contributed by atoms with Crippen molar-refractivity contribution in [3.63, 3.8) is 0 Å². The molecule has 0 fully saturated rings. The Morgan fingerprint density at radius 2 is 2.30 bits per heavy atom. The van der Waals surface area contributed by atoms with Crippen LogP contribution in [-0.4, -0.2) is 21.0 Å². The Labute approximate surface area is 117 Å². The number of aryl methyl sites for hydroxylation is 1. The smallest absolute Gasteiger partial charge is 0.346 e. The molecule has 0 saturated carbocycles. The van der Waals surface area contributed by atoms with Crippen molar-refractivity contribution in [1.82, 2.24) is 4.98 Å². The zero-order valence-corrected chi connectivity index (χ0v) is 11.2. The molecule has 0 atom stereocenters. The van der Waals surface area contributed by atoms with Gasteiger partial charge in [0.25, 0.3) is 5.69 Å². The molecule has 0 saturated heterocycles. The Hall–Kier alpha value is -2.48. The summed E-state index contributed by atoms with van der Waals surface area (Å²) >= 11 is 1.41. The van der Waals surface area contributed by atoms with E-state index in [9.17, 15) is 14.9 Å². The highest BCUT2D eigenvalue weighted by Gasteiger charge is 2.24. The van der Waals surface area contributed by atoms with Crippen LogP contribution in [0.15, 0.2) is 24.4 Å². The molecule has 7 nitrogen and oxygen atoms in total. The molecule has 1 heterocycles. The van der Waals surface area contributed by atoms with E-state index in [2.05, 4.69) is 4.98 Å². The monoisotopic (exact) mass is 294 g/mol. The van der Waals surface area contributed by atoms with Crippen LogP contribution in [0.25, 0.3) is 0 Å². The van der Waals surface area contributed by atoms with Crippen LogP contribution in [0.3, 0.4) is 0 Å². The zero-order valence-electron chi connectivity index (χ0n) is 10.4. The van der Waals surface area contributed by atoms with Gasteiger partial charge in [-0.2, -0.15) is 0 Å². The number of nitrogens with zero attached hydrogens (tertiary/aromatic N) is 2. The van der Waals surface area contributed by atoms with Crippen molar-refractivity contribution < 1.29 is 19.6 Å². The van der Waals surface area contributed by atoms with Gasteiger partial charge in [0, 0.05) is 12.3 Å². The van der Waals surface area contributed by atoms with Gasteiger partial charge in [0.05, 0.1) is 14.8 Å². The lowest BCUT2D eigenvalue weighted by Crippen LogP contribution is -2.06. The van der Waals surface area contributed by atoms with Gasteiger partial charge in [-0.3, -0.25) is 10.1 Å². The van der Waals surface area contributed by atoms with Crippen molar-refractivity contribution in [2.75, 3.05) is 0 Å². The summed E-state index contributed by atoms with van der Waals surface area (Å²) in [7, 11) is 0. The number of thiazole rings is 1. The number of hydrogen-bond donors (Lipinski definition) is 1. The predicted octanol–water partition coefficient (Wildman–Crippen LogP) is 2.64. The van der Waals surface area contributed by atoms with Crippen LogP contribution in [0, 0.1) is 17.0 Å². The van der Waals surface area contributed by atoms with Crippen molar-refractivity contribution in [2.24, 2.45) is 0 Å². The maximum absolute atomic E-state index is 11.2. The molecule has 8 heteroatoms. The first-order valence-electron chi connectivity index (χ1n) is 5.54. The maximum atomic E-state index is 11.2. The van der Waals surface area contributed by atoms with Gasteiger partial charge in [0.15, 0.2) is 5.56 Å². The molecular weight excluding hydrogens is 284 g/mol. The summed E-state index contributed by atoms with van der Waals surface area (Å²) in [5.74, 6) is -1.43. The fourth-order valence-corrected chi connectivity index (χ4v) is 2.34. The summed E-state index contributed by atoms with van der Waals surface area (Å²) in [5.41, 5.74) is -0.936. The first-order valence-corrected chi connectivity index (χ1v) is 6.35. The minimum absolute atomic E-state index is 0.0299. The fourth-order valence-electron chi connectivity index (χ4n) is 1.63. The quantitative estimate of drug-likeness (QED) is 0.671. The molecule has 104 valence electrons. The number of nitro benzene ring substituents is 1. The van der Waals surface area contributed by atoms with E-state index >= 15 is 0 Å².